The monoisotopic (exact) mass is 305 g/mol. The highest BCUT2D eigenvalue weighted by Crippen LogP contribution is 2.30. The number of nitriles is 1. The Balaban J connectivity index is 3.12. The number of rotatable bonds is 5. The third kappa shape index (κ3) is 4.54. The van der Waals surface area contributed by atoms with Gasteiger partial charge in [-0.25, -0.2) is 0 Å². The third-order valence-electron chi connectivity index (χ3n) is 2.54. The van der Waals surface area contributed by atoms with Crippen LogP contribution in [0, 0.1) is 17.6 Å². The van der Waals surface area contributed by atoms with Crippen molar-refractivity contribution in [3.05, 3.63) is 28.3 Å². The van der Waals surface area contributed by atoms with Gasteiger partial charge in [0.1, 0.15) is 34.7 Å². The van der Waals surface area contributed by atoms with Gasteiger partial charge in [0.15, 0.2) is 5.78 Å². The summed E-state index contributed by atoms with van der Waals surface area (Å²) in [6.07, 6.45) is 0. The molecule has 8 heteroatoms. The Morgan fingerprint density at radius 3 is 2.60 bits per heavy atom. The lowest BCUT2D eigenvalue weighted by molar-refractivity contribution is 0.0994. The highest BCUT2D eigenvalue weighted by molar-refractivity contribution is 8.04. The van der Waals surface area contributed by atoms with Crippen LogP contribution >= 0.6 is 23.4 Å². The summed E-state index contributed by atoms with van der Waals surface area (Å²) in [6, 6.07) is 3.39. The van der Waals surface area contributed by atoms with Crippen LogP contribution in [0.5, 0.6) is 5.75 Å². The predicted octanol–water partition coefficient (Wildman–Crippen LogP) is 0.323. The molecule has 1 rings (SSSR count). The molecule has 1 aromatic rings. The van der Waals surface area contributed by atoms with Gasteiger partial charge in [-0.15, -0.1) is 0 Å². The standard InChI is InChI=1S/C12H15B3ClNO2S/c1-6-3-8(11(18)7(2)20-5-17)9(16)4-10(6)19-12(13,14)15/h3-4,7H,13-15H2,1-2H3. The molecule has 0 heterocycles. The van der Waals surface area contributed by atoms with Crippen molar-refractivity contribution in [2.24, 2.45) is 0 Å². The van der Waals surface area contributed by atoms with Crippen LogP contribution in [0.15, 0.2) is 12.1 Å². The van der Waals surface area contributed by atoms with Crippen molar-refractivity contribution in [2.45, 2.75) is 24.4 Å². The van der Waals surface area contributed by atoms with Gasteiger partial charge in [0.05, 0.1) is 10.3 Å². The first-order valence-corrected chi connectivity index (χ1v) is 7.49. The number of thioether (sulfide) groups is 1. The Labute approximate surface area is 131 Å². The summed E-state index contributed by atoms with van der Waals surface area (Å²) in [7, 11) is 5.85. The van der Waals surface area contributed by atoms with Gasteiger partial charge in [0.2, 0.25) is 0 Å². The van der Waals surface area contributed by atoms with Gasteiger partial charge < -0.3 is 4.74 Å². The van der Waals surface area contributed by atoms with E-state index < -0.39 is 5.25 Å². The van der Waals surface area contributed by atoms with Crippen LogP contribution in [-0.4, -0.2) is 39.9 Å². The van der Waals surface area contributed by atoms with E-state index in [-0.39, 0.29) is 11.1 Å². The largest absolute Gasteiger partial charge is 0.513 e. The number of Topliss-reactive ketones (excluding diaryl/α,β-unsaturated/α-hetero) is 1. The summed E-state index contributed by atoms with van der Waals surface area (Å²) in [4.78, 5) is 12.2. The van der Waals surface area contributed by atoms with Gasteiger partial charge in [-0.1, -0.05) is 11.6 Å². The average Bonchev–Trinajstić information content (AvgIpc) is 2.31. The number of halogens is 1. The van der Waals surface area contributed by atoms with E-state index >= 15 is 0 Å². The fourth-order valence-electron chi connectivity index (χ4n) is 1.64. The van der Waals surface area contributed by atoms with Gasteiger partial charge in [0.25, 0.3) is 0 Å². The van der Waals surface area contributed by atoms with Crippen molar-refractivity contribution in [1.82, 2.24) is 0 Å². The molecule has 0 spiro atoms. The van der Waals surface area contributed by atoms with Crippen LogP contribution in [0.25, 0.3) is 0 Å². The van der Waals surface area contributed by atoms with Crippen LogP contribution in [-0.2, 0) is 0 Å². The zero-order valence-electron chi connectivity index (χ0n) is 12.3. The molecule has 0 amide bonds. The number of hydrogen-bond donors (Lipinski definition) is 0. The number of hydrogen-bond acceptors (Lipinski definition) is 4. The van der Waals surface area contributed by atoms with E-state index in [1.165, 1.54) is 0 Å². The van der Waals surface area contributed by atoms with Crippen LogP contribution in [0.1, 0.15) is 22.8 Å². The molecule has 0 saturated carbocycles. The first-order valence-electron chi connectivity index (χ1n) is 6.24. The zero-order valence-corrected chi connectivity index (χ0v) is 13.9. The Morgan fingerprint density at radius 2 is 2.10 bits per heavy atom. The molecule has 3 nitrogen and oxygen atoms in total. The van der Waals surface area contributed by atoms with E-state index in [0.29, 0.717) is 16.3 Å². The van der Waals surface area contributed by atoms with E-state index in [4.69, 9.17) is 21.6 Å². The topological polar surface area (TPSA) is 50.1 Å². The van der Waals surface area contributed by atoms with E-state index in [9.17, 15) is 4.79 Å². The molecule has 1 aromatic carbocycles. The molecule has 0 saturated heterocycles. The lowest BCUT2D eigenvalue weighted by Gasteiger charge is -2.24. The van der Waals surface area contributed by atoms with Gasteiger partial charge in [-0.3, -0.25) is 4.79 Å². The minimum Gasteiger partial charge on any atom is -0.513 e. The summed E-state index contributed by atoms with van der Waals surface area (Å²) in [5.74, 6) is 0.520. The summed E-state index contributed by atoms with van der Waals surface area (Å²) in [6.45, 7) is 3.57. The Hall–Kier alpha value is -0.985. The van der Waals surface area contributed by atoms with Gasteiger partial charge >= 0.3 is 0 Å². The molecule has 0 aliphatic carbocycles. The second-order valence-corrected chi connectivity index (χ2v) is 7.06. The first-order chi connectivity index (χ1) is 9.15. The van der Waals surface area contributed by atoms with E-state index in [1.807, 2.05) is 35.9 Å². The molecule has 0 N–H and O–H groups in total. The molecule has 0 aromatic heterocycles. The summed E-state index contributed by atoms with van der Waals surface area (Å²) < 4.78 is 5.80. The number of ketones is 1. The molecule has 0 fully saturated rings. The number of benzene rings is 1. The molecule has 0 aliphatic rings. The number of carbonyl (C=O) groups is 1. The highest BCUT2D eigenvalue weighted by atomic mass is 35.5. The lowest BCUT2D eigenvalue weighted by Crippen LogP contribution is -2.37. The third-order valence-corrected chi connectivity index (χ3v) is 3.53. The van der Waals surface area contributed by atoms with Gasteiger partial charge in [0, 0.05) is 10.9 Å². The molecular weight excluding hydrogens is 290 g/mol. The van der Waals surface area contributed by atoms with Crippen molar-refractivity contribution < 1.29 is 9.53 Å². The van der Waals surface area contributed by atoms with Gasteiger partial charge in [-0.2, -0.15) is 5.26 Å². The molecule has 1 atom stereocenters. The average molecular weight is 305 g/mol. The second-order valence-electron chi connectivity index (χ2n) is 5.53. The van der Waals surface area contributed by atoms with Crippen LogP contribution in [0.3, 0.4) is 0 Å². The molecule has 102 valence electrons. The number of carbonyl (C=O) groups excluding carboxylic acids is 1. The minimum atomic E-state index is -0.439. The lowest BCUT2D eigenvalue weighted by atomic mass is 9.52. The molecular formula is C12H15B3ClNO2S. The smallest absolute Gasteiger partial charge is 0.178 e. The van der Waals surface area contributed by atoms with E-state index in [0.717, 1.165) is 17.3 Å². The second kappa shape index (κ2) is 6.65. The normalized spacial score (nSPS) is 12.5. The molecule has 0 bridgehead atoms. The SMILES string of the molecule is BC(B)(B)Oc1cc(Cl)c(C(=O)C(C)SC#N)cc1C. The van der Waals surface area contributed by atoms with Crippen LogP contribution in [0.2, 0.25) is 5.02 Å². The quantitative estimate of drug-likeness (QED) is 0.447. The number of aryl methyl sites for hydroxylation is 1. The Bertz CT molecular complexity index is 569. The van der Waals surface area contributed by atoms with Crippen molar-refractivity contribution in [2.75, 3.05) is 0 Å². The van der Waals surface area contributed by atoms with Crippen molar-refractivity contribution in [3.8, 4) is 11.2 Å². The summed E-state index contributed by atoms with van der Waals surface area (Å²) >= 11 is 7.11. The molecule has 0 radical (unpaired) electrons. The van der Waals surface area contributed by atoms with E-state index in [1.54, 1.807) is 19.1 Å². The summed E-state index contributed by atoms with van der Waals surface area (Å²) in [5, 5.41) is 10.1. The van der Waals surface area contributed by atoms with Gasteiger partial charge in [-0.05, 0) is 43.3 Å². The highest BCUT2D eigenvalue weighted by Gasteiger charge is 2.21. The number of thiocyanates is 1. The molecule has 0 aliphatic heterocycles. The van der Waals surface area contributed by atoms with Crippen LogP contribution in [0.4, 0.5) is 0 Å². The maximum Gasteiger partial charge on any atom is 0.178 e. The van der Waals surface area contributed by atoms with Crippen LogP contribution < -0.4 is 4.74 Å². The number of nitrogens with zero attached hydrogens (tertiary/aromatic N) is 1. The number of ether oxygens (including phenoxy) is 1. The fraction of sp³-hybridized carbons (Fsp3) is 0.333. The van der Waals surface area contributed by atoms with Crippen molar-refractivity contribution in [3.63, 3.8) is 0 Å². The molecule has 20 heavy (non-hydrogen) atoms. The minimum absolute atomic E-state index is 0.146. The predicted molar refractivity (Wildman–Crippen MR) is 92.2 cm³/mol. The molecule has 1 unspecified atom stereocenters. The first kappa shape index (κ1) is 17.1. The summed E-state index contributed by atoms with van der Waals surface area (Å²) in [5.41, 5.74) is 1.28. The maximum absolute atomic E-state index is 12.2. The zero-order chi connectivity index (χ0) is 15.5. The van der Waals surface area contributed by atoms with E-state index in [2.05, 4.69) is 0 Å². The Morgan fingerprint density at radius 1 is 1.50 bits per heavy atom. The fourth-order valence-corrected chi connectivity index (χ4v) is 2.28. The maximum atomic E-state index is 12.2. The Kier molecular flexibility index (Phi) is 5.67. The van der Waals surface area contributed by atoms with Crippen molar-refractivity contribution >= 4 is 52.7 Å². The van der Waals surface area contributed by atoms with Crippen molar-refractivity contribution in [1.29, 1.82) is 5.26 Å².